The van der Waals surface area contributed by atoms with E-state index < -0.39 is 0 Å². The van der Waals surface area contributed by atoms with Crippen LogP contribution in [0.4, 0.5) is 0 Å². The molecule has 2 aromatic rings. The summed E-state index contributed by atoms with van der Waals surface area (Å²) in [5.41, 5.74) is 4.28. The number of methoxy groups -OCH3 is 1. The second kappa shape index (κ2) is 5.14. The predicted octanol–water partition coefficient (Wildman–Crippen LogP) is 2.17. The molecule has 5 heteroatoms. The molecular formula is C15H22N4O. The van der Waals surface area contributed by atoms with Crippen LogP contribution in [0.3, 0.4) is 0 Å². The quantitative estimate of drug-likeness (QED) is 0.928. The normalized spacial score (nSPS) is 23.8. The van der Waals surface area contributed by atoms with Gasteiger partial charge >= 0.3 is 0 Å². The summed E-state index contributed by atoms with van der Waals surface area (Å²) in [6.07, 6.45) is 4.58. The predicted molar refractivity (Wildman–Crippen MR) is 77.8 cm³/mol. The summed E-state index contributed by atoms with van der Waals surface area (Å²) in [6.45, 7) is 6.29. The van der Waals surface area contributed by atoms with Gasteiger partial charge in [-0.15, -0.1) is 0 Å². The van der Waals surface area contributed by atoms with E-state index in [1.54, 1.807) is 7.11 Å². The Balaban J connectivity index is 1.77. The molecule has 0 amide bonds. The van der Waals surface area contributed by atoms with Crippen LogP contribution < -0.4 is 5.32 Å². The summed E-state index contributed by atoms with van der Waals surface area (Å²) in [5.74, 6) is 0. The second-order valence-corrected chi connectivity index (χ2v) is 5.77. The Kier molecular flexibility index (Phi) is 3.48. The zero-order valence-electron chi connectivity index (χ0n) is 12.6. The molecule has 0 aromatic carbocycles. The Hall–Kier alpha value is -1.46. The highest BCUT2D eigenvalue weighted by atomic mass is 16.5. The lowest BCUT2D eigenvalue weighted by atomic mass is 9.88. The van der Waals surface area contributed by atoms with Gasteiger partial charge in [0.2, 0.25) is 0 Å². The zero-order chi connectivity index (χ0) is 14.3. The van der Waals surface area contributed by atoms with E-state index >= 15 is 0 Å². The lowest BCUT2D eigenvalue weighted by Crippen LogP contribution is -2.46. The molecular weight excluding hydrogens is 252 g/mol. The fourth-order valence-electron chi connectivity index (χ4n) is 2.94. The van der Waals surface area contributed by atoms with E-state index in [-0.39, 0.29) is 6.04 Å². The molecule has 1 N–H and O–H groups in total. The maximum absolute atomic E-state index is 5.32. The van der Waals surface area contributed by atoms with Gasteiger partial charge in [0.15, 0.2) is 5.65 Å². The highest BCUT2D eigenvalue weighted by molar-refractivity contribution is 5.42. The lowest BCUT2D eigenvalue weighted by molar-refractivity contribution is 0.0147. The number of fused-ring (bicyclic) bond motifs is 1. The van der Waals surface area contributed by atoms with Crippen molar-refractivity contribution in [2.45, 2.75) is 51.8 Å². The third kappa shape index (κ3) is 2.31. The van der Waals surface area contributed by atoms with E-state index in [9.17, 15) is 0 Å². The number of nitrogens with zero attached hydrogens (tertiary/aromatic N) is 3. The molecule has 1 unspecified atom stereocenters. The van der Waals surface area contributed by atoms with Crippen molar-refractivity contribution in [2.75, 3.05) is 7.11 Å². The molecule has 0 spiro atoms. The van der Waals surface area contributed by atoms with Crippen LogP contribution in [0.1, 0.15) is 42.8 Å². The Labute approximate surface area is 119 Å². The number of aryl methyl sites for hydroxylation is 2. The highest BCUT2D eigenvalue weighted by Gasteiger charge is 2.30. The van der Waals surface area contributed by atoms with Crippen LogP contribution in [0, 0.1) is 13.8 Å². The Morgan fingerprint density at radius 3 is 2.85 bits per heavy atom. The average Bonchev–Trinajstić information content (AvgIpc) is 2.75. The smallest absolute Gasteiger partial charge is 0.155 e. The minimum atomic E-state index is 0.277. The van der Waals surface area contributed by atoms with E-state index in [2.05, 4.69) is 29.2 Å². The molecule has 108 valence electrons. The van der Waals surface area contributed by atoms with Gasteiger partial charge in [-0.05, 0) is 33.6 Å². The zero-order valence-corrected chi connectivity index (χ0v) is 12.6. The third-order valence-corrected chi connectivity index (χ3v) is 4.26. The minimum Gasteiger partial charge on any atom is -0.381 e. The Bertz CT molecular complexity index is 616. The van der Waals surface area contributed by atoms with Crippen molar-refractivity contribution in [3.8, 4) is 0 Å². The molecule has 0 aliphatic heterocycles. The van der Waals surface area contributed by atoms with Crippen molar-refractivity contribution in [3.63, 3.8) is 0 Å². The van der Waals surface area contributed by atoms with Crippen LogP contribution >= 0.6 is 0 Å². The van der Waals surface area contributed by atoms with Gasteiger partial charge in [0.1, 0.15) is 0 Å². The van der Waals surface area contributed by atoms with Crippen molar-refractivity contribution in [1.82, 2.24) is 19.9 Å². The van der Waals surface area contributed by atoms with Crippen LogP contribution in [-0.4, -0.2) is 33.9 Å². The van der Waals surface area contributed by atoms with Gasteiger partial charge in [0, 0.05) is 42.7 Å². The first-order chi connectivity index (χ1) is 9.58. The molecule has 1 aliphatic carbocycles. The van der Waals surface area contributed by atoms with Gasteiger partial charge in [0.25, 0.3) is 0 Å². The summed E-state index contributed by atoms with van der Waals surface area (Å²) in [7, 11) is 1.78. The number of hydrogen-bond acceptors (Lipinski definition) is 4. The van der Waals surface area contributed by atoms with E-state index in [4.69, 9.17) is 4.74 Å². The fourth-order valence-corrected chi connectivity index (χ4v) is 2.94. The van der Waals surface area contributed by atoms with Crippen molar-refractivity contribution in [1.29, 1.82) is 0 Å². The second-order valence-electron chi connectivity index (χ2n) is 5.77. The molecule has 2 aromatic heterocycles. The van der Waals surface area contributed by atoms with Crippen LogP contribution in [0.15, 0.2) is 12.3 Å². The number of hydrogen-bond donors (Lipinski definition) is 1. The van der Waals surface area contributed by atoms with Gasteiger partial charge in [-0.1, -0.05) is 0 Å². The van der Waals surface area contributed by atoms with Crippen molar-refractivity contribution < 1.29 is 4.74 Å². The molecule has 1 saturated carbocycles. The maximum Gasteiger partial charge on any atom is 0.155 e. The van der Waals surface area contributed by atoms with Gasteiger partial charge in [-0.3, -0.25) is 0 Å². The molecule has 1 fully saturated rings. The minimum absolute atomic E-state index is 0.277. The molecule has 0 radical (unpaired) electrons. The van der Waals surface area contributed by atoms with E-state index in [0.717, 1.165) is 29.9 Å². The van der Waals surface area contributed by atoms with Crippen LogP contribution in [0.5, 0.6) is 0 Å². The third-order valence-electron chi connectivity index (χ3n) is 4.26. The molecule has 0 bridgehead atoms. The summed E-state index contributed by atoms with van der Waals surface area (Å²) in [6, 6.07) is 2.83. The fraction of sp³-hybridized carbons (Fsp3) is 0.600. The number of ether oxygens (including phenoxy) is 1. The van der Waals surface area contributed by atoms with Crippen LogP contribution in [-0.2, 0) is 4.74 Å². The Morgan fingerprint density at radius 2 is 2.15 bits per heavy atom. The summed E-state index contributed by atoms with van der Waals surface area (Å²) < 4.78 is 7.25. The van der Waals surface area contributed by atoms with E-state index in [1.807, 2.05) is 23.7 Å². The molecule has 5 nitrogen and oxygen atoms in total. The maximum atomic E-state index is 5.32. The molecule has 1 aliphatic rings. The summed E-state index contributed by atoms with van der Waals surface area (Å²) in [5, 5.41) is 8.15. The molecule has 2 heterocycles. The average molecular weight is 274 g/mol. The van der Waals surface area contributed by atoms with E-state index in [1.165, 1.54) is 5.56 Å². The van der Waals surface area contributed by atoms with Crippen molar-refractivity contribution in [2.24, 2.45) is 0 Å². The SMILES string of the molecule is COC1CC(NC(C)c2cnc3cc(C)nn3c2C)C1. The standard InChI is InChI=1S/C15H22N4O/c1-9-5-15-16-8-14(11(3)19(15)18-9)10(2)17-12-6-13(7-12)20-4/h5,8,10,12-13,17H,6-7H2,1-4H3. The first kappa shape index (κ1) is 13.5. The molecule has 1 atom stereocenters. The monoisotopic (exact) mass is 274 g/mol. The number of rotatable bonds is 4. The van der Waals surface area contributed by atoms with Gasteiger partial charge < -0.3 is 10.1 Å². The number of aromatic nitrogens is 3. The summed E-state index contributed by atoms with van der Waals surface area (Å²) >= 11 is 0. The first-order valence-electron chi connectivity index (χ1n) is 7.19. The molecule has 3 rings (SSSR count). The van der Waals surface area contributed by atoms with Gasteiger partial charge in [-0.25, -0.2) is 9.50 Å². The molecule has 0 saturated heterocycles. The van der Waals surface area contributed by atoms with Crippen molar-refractivity contribution >= 4 is 5.65 Å². The highest BCUT2D eigenvalue weighted by Crippen LogP contribution is 2.26. The van der Waals surface area contributed by atoms with Crippen LogP contribution in [0.2, 0.25) is 0 Å². The van der Waals surface area contributed by atoms with Crippen LogP contribution in [0.25, 0.3) is 5.65 Å². The topological polar surface area (TPSA) is 51.5 Å². The molecule has 20 heavy (non-hydrogen) atoms. The van der Waals surface area contributed by atoms with Crippen molar-refractivity contribution in [3.05, 3.63) is 29.2 Å². The van der Waals surface area contributed by atoms with Gasteiger partial charge in [-0.2, -0.15) is 5.10 Å². The number of nitrogens with one attached hydrogen (secondary N) is 1. The first-order valence-corrected chi connectivity index (χ1v) is 7.19. The van der Waals surface area contributed by atoms with E-state index in [0.29, 0.717) is 12.1 Å². The summed E-state index contributed by atoms with van der Waals surface area (Å²) in [4.78, 5) is 4.50. The Morgan fingerprint density at radius 1 is 1.40 bits per heavy atom. The van der Waals surface area contributed by atoms with Gasteiger partial charge in [0.05, 0.1) is 11.8 Å². The largest absolute Gasteiger partial charge is 0.381 e. The lowest BCUT2D eigenvalue weighted by Gasteiger charge is -2.37.